The van der Waals surface area contributed by atoms with E-state index in [-0.39, 0.29) is 25.1 Å². The van der Waals surface area contributed by atoms with Crippen LogP contribution in [0.2, 0.25) is 5.02 Å². The molecule has 7 heteroatoms. The molecule has 0 unspecified atom stereocenters. The minimum atomic E-state index is -0.543. The van der Waals surface area contributed by atoms with Crippen molar-refractivity contribution < 1.29 is 14.3 Å². The second-order valence-electron chi connectivity index (χ2n) is 6.92. The minimum absolute atomic E-state index is 0.0683. The van der Waals surface area contributed by atoms with Gasteiger partial charge in [0.15, 0.2) is 0 Å². The third-order valence-electron chi connectivity index (χ3n) is 4.33. The van der Waals surface area contributed by atoms with Gasteiger partial charge >= 0.3 is 0 Å². The van der Waals surface area contributed by atoms with Gasteiger partial charge in [0, 0.05) is 17.0 Å². The third-order valence-corrected chi connectivity index (χ3v) is 4.58. The van der Waals surface area contributed by atoms with Gasteiger partial charge in [0.1, 0.15) is 11.8 Å². The van der Waals surface area contributed by atoms with Crippen LogP contribution in [0.1, 0.15) is 37.6 Å². The summed E-state index contributed by atoms with van der Waals surface area (Å²) in [6, 6.07) is 10.7. The topological polar surface area (TPSA) is 78.1 Å². The first-order valence-electron chi connectivity index (χ1n) is 8.44. The maximum atomic E-state index is 12.8. The first-order valence-corrected chi connectivity index (χ1v) is 8.82. The monoisotopic (exact) mass is 375 g/mol. The summed E-state index contributed by atoms with van der Waals surface area (Å²) in [4.78, 5) is 12.8. The molecule has 2 heterocycles. The lowest BCUT2D eigenvalue weighted by atomic mass is 10.0. The van der Waals surface area contributed by atoms with Crippen molar-refractivity contribution in [3.63, 3.8) is 0 Å². The molecule has 6 nitrogen and oxygen atoms in total. The molecule has 1 amide bonds. The average molecular weight is 376 g/mol. The molecule has 3 rings (SSSR count). The van der Waals surface area contributed by atoms with E-state index in [1.807, 2.05) is 32.0 Å². The smallest absolute Gasteiger partial charge is 0.257 e. The van der Waals surface area contributed by atoms with Gasteiger partial charge in [-0.2, -0.15) is 5.10 Å². The fourth-order valence-corrected chi connectivity index (χ4v) is 2.84. The molecular weight excluding hydrogens is 354 g/mol. The Hall–Kier alpha value is -2.15. The van der Waals surface area contributed by atoms with E-state index in [0.29, 0.717) is 17.2 Å². The van der Waals surface area contributed by atoms with Gasteiger partial charge in [-0.05, 0) is 43.7 Å². The summed E-state index contributed by atoms with van der Waals surface area (Å²) in [5.41, 5.74) is 1.18. The van der Waals surface area contributed by atoms with Crippen LogP contribution in [0.5, 0.6) is 0 Å². The number of benzene rings is 1. The molecule has 0 spiro atoms. The molecule has 0 saturated carbocycles. The van der Waals surface area contributed by atoms with Crippen LogP contribution in [0.3, 0.4) is 0 Å². The van der Waals surface area contributed by atoms with Crippen molar-refractivity contribution in [2.75, 3.05) is 13.2 Å². The molecule has 0 radical (unpaired) electrons. The van der Waals surface area contributed by atoms with Gasteiger partial charge in [-0.25, -0.2) is 5.01 Å². The molecule has 1 aromatic heterocycles. The number of carbonyl (C=O) groups is 1. The Bertz CT molecular complexity index is 785. The number of halogens is 1. The van der Waals surface area contributed by atoms with Crippen LogP contribution in [0.15, 0.2) is 52.2 Å². The highest BCUT2D eigenvalue weighted by Gasteiger charge is 2.35. The molecule has 0 bridgehead atoms. The van der Waals surface area contributed by atoms with Crippen LogP contribution in [-0.2, 0) is 4.79 Å². The molecular formula is C19H22ClN3O3. The zero-order valence-electron chi connectivity index (χ0n) is 14.8. The average Bonchev–Trinajstić information content (AvgIpc) is 3.30. The Balaban J connectivity index is 1.82. The standard InChI is InChI=1S/C19H22ClN3O3/c1-19(2,12-24)21-11-18(25)23-16(17-4-3-9-26-17)10-15(22-23)13-5-7-14(20)8-6-13/h3-9,16,21,24H,10-12H2,1-2H3/t16-/m1/s1. The van der Waals surface area contributed by atoms with Crippen LogP contribution in [0.4, 0.5) is 0 Å². The fraction of sp³-hybridized carbons (Fsp3) is 0.368. The number of hydrogen-bond donors (Lipinski definition) is 2. The van der Waals surface area contributed by atoms with E-state index >= 15 is 0 Å². The molecule has 0 aliphatic carbocycles. The van der Waals surface area contributed by atoms with Crippen LogP contribution in [0, 0.1) is 0 Å². The molecule has 1 atom stereocenters. The zero-order chi connectivity index (χ0) is 18.7. The second-order valence-corrected chi connectivity index (χ2v) is 7.36. The van der Waals surface area contributed by atoms with Crippen molar-refractivity contribution in [2.45, 2.75) is 31.8 Å². The highest BCUT2D eigenvalue weighted by atomic mass is 35.5. The molecule has 2 aromatic rings. The number of aliphatic hydroxyl groups is 1. The van der Waals surface area contributed by atoms with E-state index < -0.39 is 5.54 Å². The van der Waals surface area contributed by atoms with E-state index in [0.717, 1.165) is 11.3 Å². The summed E-state index contributed by atoms with van der Waals surface area (Å²) >= 11 is 5.96. The molecule has 1 aromatic carbocycles. The summed E-state index contributed by atoms with van der Waals surface area (Å²) in [5.74, 6) is 0.504. The van der Waals surface area contributed by atoms with E-state index in [9.17, 15) is 9.90 Å². The highest BCUT2D eigenvalue weighted by molar-refractivity contribution is 6.30. The van der Waals surface area contributed by atoms with E-state index in [1.165, 1.54) is 5.01 Å². The number of amides is 1. The van der Waals surface area contributed by atoms with E-state index in [2.05, 4.69) is 10.4 Å². The van der Waals surface area contributed by atoms with Crippen molar-refractivity contribution in [1.82, 2.24) is 10.3 Å². The lowest BCUT2D eigenvalue weighted by Crippen LogP contribution is -2.47. The number of nitrogens with one attached hydrogen (secondary N) is 1. The minimum Gasteiger partial charge on any atom is -0.467 e. The van der Waals surface area contributed by atoms with Gasteiger partial charge in [0.05, 0.1) is 25.1 Å². The van der Waals surface area contributed by atoms with Gasteiger partial charge in [0.2, 0.25) is 0 Å². The Labute approximate surface area is 157 Å². The van der Waals surface area contributed by atoms with Crippen LogP contribution >= 0.6 is 11.6 Å². The van der Waals surface area contributed by atoms with Crippen LogP contribution < -0.4 is 5.32 Å². The Morgan fingerprint density at radius 3 is 2.73 bits per heavy atom. The summed E-state index contributed by atoms with van der Waals surface area (Å²) in [6.45, 7) is 3.66. The number of nitrogens with zero attached hydrogens (tertiary/aromatic N) is 2. The Kier molecular flexibility index (Phi) is 5.46. The maximum absolute atomic E-state index is 12.8. The second kappa shape index (κ2) is 7.61. The number of hydrazone groups is 1. The summed E-state index contributed by atoms with van der Waals surface area (Å²) in [6.07, 6.45) is 2.15. The molecule has 138 valence electrons. The molecule has 26 heavy (non-hydrogen) atoms. The molecule has 1 aliphatic rings. The van der Waals surface area contributed by atoms with Crippen LogP contribution in [0.25, 0.3) is 0 Å². The van der Waals surface area contributed by atoms with Gasteiger partial charge in [-0.1, -0.05) is 23.7 Å². The predicted octanol–water partition coefficient (Wildman–Crippen LogP) is 2.97. The lowest BCUT2D eigenvalue weighted by molar-refractivity contribution is -0.132. The summed E-state index contributed by atoms with van der Waals surface area (Å²) in [7, 11) is 0. The lowest BCUT2D eigenvalue weighted by Gasteiger charge is -2.25. The summed E-state index contributed by atoms with van der Waals surface area (Å²) in [5, 5.41) is 19.1. The van der Waals surface area contributed by atoms with Crippen LogP contribution in [-0.4, -0.2) is 40.4 Å². The van der Waals surface area contributed by atoms with Gasteiger partial charge < -0.3 is 14.8 Å². The number of carbonyl (C=O) groups excluding carboxylic acids is 1. The number of rotatable bonds is 6. The van der Waals surface area contributed by atoms with E-state index in [1.54, 1.807) is 24.5 Å². The number of furan rings is 1. The quantitative estimate of drug-likeness (QED) is 0.813. The first-order chi connectivity index (χ1) is 12.4. The predicted molar refractivity (Wildman–Crippen MR) is 100 cm³/mol. The van der Waals surface area contributed by atoms with Gasteiger partial charge in [0.25, 0.3) is 5.91 Å². The fourth-order valence-electron chi connectivity index (χ4n) is 2.71. The van der Waals surface area contributed by atoms with Gasteiger partial charge in [-0.15, -0.1) is 0 Å². The molecule has 0 saturated heterocycles. The van der Waals surface area contributed by atoms with Crippen molar-refractivity contribution in [2.24, 2.45) is 5.10 Å². The largest absolute Gasteiger partial charge is 0.467 e. The maximum Gasteiger partial charge on any atom is 0.257 e. The van der Waals surface area contributed by atoms with Crippen molar-refractivity contribution in [3.8, 4) is 0 Å². The zero-order valence-corrected chi connectivity index (χ0v) is 15.5. The summed E-state index contributed by atoms with van der Waals surface area (Å²) < 4.78 is 5.52. The Morgan fingerprint density at radius 1 is 1.38 bits per heavy atom. The van der Waals surface area contributed by atoms with Gasteiger partial charge in [-0.3, -0.25) is 4.79 Å². The first kappa shape index (κ1) is 18.6. The van der Waals surface area contributed by atoms with Crippen molar-refractivity contribution in [3.05, 3.63) is 59.0 Å². The molecule has 0 fully saturated rings. The molecule has 1 aliphatic heterocycles. The highest BCUT2D eigenvalue weighted by Crippen LogP contribution is 2.33. The third kappa shape index (κ3) is 4.15. The Morgan fingerprint density at radius 2 is 2.12 bits per heavy atom. The SMILES string of the molecule is CC(C)(CO)NCC(=O)N1N=C(c2ccc(Cl)cc2)C[C@@H]1c1ccco1. The molecule has 2 N–H and O–H groups in total. The number of aliphatic hydroxyl groups excluding tert-OH is 1. The number of hydrogen-bond acceptors (Lipinski definition) is 5. The van der Waals surface area contributed by atoms with Crippen molar-refractivity contribution >= 4 is 23.2 Å². The van der Waals surface area contributed by atoms with E-state index in [4.69, 9.17) is 16.0 Å². The normalized spacial score (nSPS) is 17.5. The van der Waals surface area contributed by atoms with Crippen molar-refractivity contribution in [1.29, 1.82) is 0 Å².